The molecule has 0 spiro atoms. The number of rotatable bonds is 4. The maximum atomic E-state index is 12.9. The molecule has 2 atom stereocenters. The average Bonchev–Trinajstić information content (AvgIpc) is 2.82. The van der Waals surface area contributed by atoms with E-state index in [0.717, 1.165) is 5.76 Å². The third-order valence-corrected chi connectivity index (χ3v) is 3.20. The van der Waals surface area contributed by atoms with Crippen LogP contribution in [0.1, 0.15) is 19.3 Å². The van der Waals surface area contributed by atoms with Crippen LogP contribution in [0.4, 0.5) is 4.39 Å². The molecule has 1 fully saturated rings. The van der Waals surface area contributed by atoms with E-state index in [2.05, 4.69) is 10.1 Å². The van der Waals surface area contributed by atoms with Gasteiger partial charge in [0.05, 0.1) is 12.9 Å². The quantitative estimate of drug-likeness (QED) is 0.773. The summed E-state index contributed by atoms with van der Waals surface area (Å²) in [5, 5.41) is 3.07. The van der Waals surface area contributed by atoms with Crippen LogP contribution < -0.4 is 5.32 Å². The minimum atomic E-state index is -0.759. The number of hydrogen-bond donors (Lipinski definition) is 1. The molecular weight excluding hydrogens is 237 g/mol. The summed E-state index contributed by atoms with van der Waals surface area (Å²) < 4.78 is 23.2. The van der Waals surface area contributed by atoms with Gasteiger partial charge in [0.15, 0.2) is 0 Å². The van der Waals surface area contributed by atoms with Crippen molar-refractivity contribution in [2.75, 3.05) is 20.3 Å². The van der Waals surface area contributed by atoms with E-state index in [-0.39, 0.29) is 12.0 Å². The van der Waals surface area contributed by atoms with Gasteiger partial charge in [-0.3, -0.25) is 0 Å². The van der Waals surface area contributed by atoms with Crippen molar-refractivity contribution in [1.29, 1.82) is 0 Å². The number of nitrogens with one attached hydrogen (secondary N) is 1. The zero-order chi connectivity index (χ0) is 13.0. The van der Waals surface area contributed by atoms with E-state index in [1.807, 2.05) is 0 Å². The highest BCUT2D eigenvalue weighted by molar-refractivity contribution is 5.89. The summed E-state index contributed by atoms with van der Waals surface area (Å²) in [5.41, 5.74) is 0.660. The van der Waals surface area contributed by atoms with Crippen molar-refractivity contribution in [1.82, 2.24) is 5.32 Å². The van der Waals surface area contributed by atoms with Crippen LogP contribution in [-0.4, -0.2) is 38.4 Å². The summed E-state index contributed by atoms with van der Waals surface area (Å²) in [6, 6.07) is 0.0897. The van der Waals surface area contributed by atoms with Gasteiger partial charge < -0.3 is 14.8 Å². The topological polar surface area (TPSA) is 47.6 Å². The van der Waals surface area contributed by atoms with Gasteiger partial charge in [-0.25, -0.2) is 9.18 Å². The number of methoxy groups -OCH3 is 1. The van der Waals surface area contributed by atoms with Crippen LogP contribution in [0.25, 0.3) is 0 Å². The minimum Gasteiger partial charge on any atom is -0.496 e. The molecule has 18 heavy (non-hydrogen) atoms. The molecule has 1 saturated heterocycles. The third-order valence-electron chi connectivity index (χ3n) is 3.20. The summed E-state index contributed by atoms with van der Waals surface area (Å²) in [6.45, 7) is 0.896. The minimum absolute atomic E-state index is 0.0897. The molecule has 2 aliphatic rings. The predicted molar refractivity (Wildman–Crippen MR) is 64.7 cm³/mol. The van der Waals surface area contributed by atoms with Gasteiger partial charge in [0, 0.05) is 24.6 Å². The van der Waals surface area contributed by atoms with E-state index in [1.54, 1.807) is 12.2 Å². The van der Waals surface area contributed by atoms with Crippen LogP contribution in [0.15, 0.2) is 23.5 Å². The number of allylic oxidation sites excluding steroid dienone is 3. The Morgan fingerprint density at radius 3 is 2.89 bits per heavy atom. The first-order valence-corrected chi connectivity index (χ1v) is 6.17. The first-order valence-electron chi connectivity index (χ1n) is 6.17. The fraction of sp³-hybridized carbons (Fsp3) is 0.615. The van der Waals surface area contributed by atoms with Gasteiger partial charge in [-0.1, -0.05) is 0 Å². The molecule has 100 valence electrons. The molecule has 1 aliphatic carbocycles. The Bertz CT molecular complexity index is 378. The summed E-state index contributed by atoms with van der Waals surface area (Å²) >= 11 is 0. The third kappa shape index (κ3) is 3.32. The van der Waals surface area contributed by atoms with Crippen LogP contribution in [-0.2, 0) is 14.3 Å². The Morgan fingerprint density at radius 2 is 2.33 bits per heavy atom. The first kappa shape index (κ1) is 13.1. The molecule has 0 aromatic heterocycles. The SMILES string of the molecule is COC(=O)C1=CC=C(OCC2CC(F)CN2)CC1. The molecule has 0 bridgehead atoms. The fourth-order valence-electron chi connectivity index (χ4n) is 2.14. The zero-order valence-corrected chi connectivity index (χ0v) is 10.4. The highest BCUT2D eigenvalue weighted by Gasteiger charge is 2.24. The zero-order valence-electron chi connectivity index (χ0n) is 10.4. The molecule has 2 rings (SSSR count). The second-order valence-corrected chi connectivity index (χ2v) is 4.57. The number of carbonyl (C=O) groups is 1. The van der Waals surface area contributed by atoms with E-state index >= 15 is 0 Å². The monoisotopic (exact) mass is 255 g/mol. The standard InChI is InChI=1S/C13H18FNO3/c1-17-13(16)9-2-4-12(5-3-9)18-8-11-6-10(14)7-15-11/h2,4,10-11,15H,3,5-8H2,1H3. The Hall–Kier alpha value is -1.36. The smallest absolute Gasteiger partial charge is 0.333 e. The molecule has 0 amide bonds. The lowest BCUT2D eigenvalue weighted by molar-refractivity contribution is -0.136. The highest BCUT2D eigenvalue weighted by Crippen LogP contribution is 2.21. The number of carbonyl (C=O) groups excluding carboxylic acids is 1. The van der Waals surface area contributed by atoms with E-state index in [1.165, 1.54) is 7.11 Å². The van der Waals surface area contributed by atoms with Gasteiger partial charge in [0.1, 0.15) is 12.8 Å². The lowest BCUT2D eigenvalue weighted by Crippen LogP contribution is -2.26. The van der Waals surface area contributed by atoms with Gasteiger partial charge in [0.2, 0.25) is 0 Å². The fourth-order valence-corrected chi connectivity index (χ4v) is 2.14. The summed E-state index contributed by atoms with van der Waals surface area (Å²) in [4.78, 5) is 11.3. The number of hydrogen-bond acceptors (Lipinski definition) is 4. The van der Waals surface area contributed by atoms with Crippen molar-refractivity contribution in [2.24, 2.45) is 0 Å². The van der Waals surface area contributed by atoms with Crippen LogP contribution in [0, 0.1) is 0 Å². The molecule has 1 heterocycles. The van der Waals surface area contributed by atoms with Crippen molar-refractivity contribution in [2.45, 2.75) is 31.5 Å². The van der Waals surface area contributed by atoms with Crippen molar-refractivity contribution >= 4 is 5.97 Å². The Morgan fingerprint density at radius 1 is 1.50 bits per heavy atom. The van der Waals surface area contributed by atoms with Crippen molar-refractivity contribution in [3.63, 3.8) is 0 Å². The molecule has 0 aromatic rings. The van der Waals surface area contributed by atoms with Gasteiger partial charge >= 0.3 is 5.97 Å². The van der Waals surface area contributed by atoms with Crippen molar-refractivity contribution in [3.8, 4) is 0 Å². The van der Waals surface area contributed by atoms with Gasteiger partial charge in [-0.15, -0.1) is 0 Å². The largest absolute Gasteiger partial charge is 0.496 e. The lowest BCUT2D eigenvalue weighted by Gasteiger charge is -2.17. The number of halogens is 1. The highest BCUT2D eigenvalue weighted by atomic mass is 19.1. The summed E-state index contributed by atoms with van der Waals surface area (Å²) in [6.07, 6.45) is 4.58. The van der Waals surface area contributed by atoms with E-state index in [0.29, 0.717) is 38.0 Å². The number of esters is 1. The van der Waals surface area contributed by atoms with Crippen LogP contribution in [0.3, 0.4) is 0 Å². The predicted octanol–water partition coefficient (Wildman–Crippen LogP) is 1.48. The van der Waals surface area contributed by atoms with E-state index < -0.39 is 6.17 Å². The Kier molecular flexibility index (Phi) is 4.36. The van der Waals surface area contributed by atoms with Gasteiger partial charge in [-0.2, -0.15) is 0 Å². The molecule has 1 N–H and O–H groups in total. The van der Waals surface area contributed by atoms with Crippen LogP contribution in [0.5, 0.6) is 0 Å². The van der Waals surface area contributed by atoms with E-state index in [4.69, 9.17) is 4.74 Å². The second-order valence-electron chi connectivity index (χ2n) is 4.57. The molecular formula is C13H18FNO3. The second kappa shape index (κ2) is 6.00. The van der Waals surface area contributed by atoms with Gasteiger partial charge in [-0.05, 0) is 25.0 Å². The maximum Gasteiger partial charge on any atom is 0.333 e. The Balaban J connectivity index is 1.79. The molecule has 0 saturated carbocycles. The molecule has 0 aromatic carbocycles. The maximum absolute atomic E-state index is 12.9. The molecule has 2 unspecified atom stereocenters. The van der Waals surface area contributed by atoms with Crippen molar-refractivity contribution in [3.05, 3.63) is 23.5 Å². The lowest BCUT2D eigenvalue weighted by atomic mass is 10.0. The average molecular weight is 255 g/mol. The summed E-state index contributed by atoms with van der Waals surface area (Å²) in [5.74, 6) is 0.551. The normalized spacial score (nSPS) is 27.4. The van der Waals surface area contributed by atoms with Gasteiger partial charge in [0.25, 0.3) is 0 Å². The van der Waals surface area contributed by atoms with Crippen LogP contribution >= 0.6 is 0 Å². The van der Waals surface area contributed by atoms with Crippen LogP contribution in [0.2, 0.25) is 0 Å². The number of ether oxygens (including phenoxy) is 2. The van der Waals surface area contributed by atoms with Crippen molar-refractivity contribution < 1.29 is 18.7 Å². The number of alkyl halides is 1. The summed E-state index contributed by atoms with van der Waals surface area (Å²) in [7, 11) is 1.37. The molecule has 4 nitrogen and oxygen atoms in total. The first-order chi connectivity index (χ1) is 8.69. The molecule has 0 radical (unpaired) electrons. The molecule has 1 aliphatic heterocycles. The Labute approximate surface area is 106 Å². The van der Waals surface area contributed by atoms with E-state index in [9.17, 15) is 9.18 Å². The molecule has 5 heteroatoms.